The van der Waals surface area contributed by atoms with Gasteiger partial charge in [0.05, 0.1) is 5.69 Å². The molecule has 0 aromatic heterocycles. The Morgan fingerprint density at radius 3 is 1.47 bits per heavy atom. The summed E-state index contributed by atoms with van der Waals surface area (Å²) in [5.74, 6) is 0. The van der Waals surface area contributed by atoms with Crippen LogP contribution in [-0.2, 0) is 0 Å². The average Bonchev–Trinajstić information content (AvgIpc) is 3.27. The topological polar surface area (TPSA) is 3.24 Å². The summed E-state index contributed by atoms with van der Waals surface area (Å²) in [5, 5.41) is 7.42. The van der Waals surface area contributed by atoms with Gasteiger partial charge in [0.1, 0.15) is 0 Å². The van der Waals surface area contributed by atoms with Crippen LogP contribution in [0.25, 0.3) is 76.8 Å². The van der Waals surface area contributed by atoms with E-state index in [-0.39, 0.29) is 0 Å². The number of rotatable bonds is 7. The van der Waals surface area contributed by atoms with Gasteiger partial charge in [0.2, 0.25) is 0 Å². The van der Waals surface area contributed by atoms with Crippen molar-refractivity contribution < 1.29 is 0 Å². The van der Waals surface area contributed by atoms with Crippen molar-refractivity contribution in [2.45, 2.75) is 0 Å². The lowest BCUT2D eigenvalue weighted by Gasteiger charge is -2.29. The third kappa shape index (κ3) is 5.93. The third-order valence-electron chi connectivity index (χ3n) is 10.9. The van der Waals surface area contributed by atoms with Crippen molar-refractivity contribution in [1.82, 2.24) is 0 Å². The Bertz CT molecular complexity index is 2960. The zero-order chi connectivity index (χ0) is 36.6. The summed E-state index contributed by atoms with van der Waals surface area (Å²) in [6.07, 6.45) is 0. The highest BCUT2D eigenvalue weighted by atomic mass is 15.1. The zero-order valence-electron chi connectivity index (χ0n) is 30.3. The van der Waals surface area contributed by atoms with Gasteiger partial charge in [0.25, 0.3) is 0 Å². The summed E-state index contributed by atoms with van der Waals surface area (Å²) in [7, 11) is 0. The maximum atomic E-state index is 2.45. The van der Waals surface area contributed by atoms with Crippen molar-refractivity contribution in [2.24, 2.45) is 0 Å². The summed E-state index contributed by atoms with van der Waals surface area (Å²) in [5.41, 5.74) is 13.0. The van der Waals surface area contributed by atoms with E-state index in [0.29, 0.717) is 0 Å². The molecule has 0 aliphatic carbocycles. The molecule has 55 heavy (non-hydrogen) atoms. The minimum Gasteiger partial charge on any atom is -0.310 e. The van der Waals surface area contributed by atoms with Crippen LogP contribution >= 0.6 is 0 Å². The molecule has 10 rings (SSSR count). The lowest BCUT2D eigenvalue weighted by atomic mass is 9.89. The van der Waals surface area contributed by atoms with Gasteiger partial charge in [-0.2, -0.15) is 0 Å². The van der Waals surface area contributed by atoms with Gasteiger partial charge in [0.15, 0.2) is 0 Å². The van der Waals surface area contributed by atoms with Gasteiger partial charge < -0.3 is 4.90 Å². The first-order chi connectivity index (χ1) is 27.3. The standard InChI is InChI=1S/C54H37N/c1-3-16-38(17-4-1)47-24-11-12-26-49(47)51-35-34-44(37-53(51)40-18-5-2-6-19-40)55(54-36-42-21-8-10-25-48(42)50-27-13-14-28-52(50)54)43-32-30-41(31-33-43)46-29-15-22-39-20-7-9-23-45(39)46/h1-37H. The SMILES string of the molecule is c1ccc(-c2ccccc2-c2ccc(N(c3ccc(-c4cccc5ccccc45)cc3)c3cc4ccccc4c4ccccc34)cc2-c2ccccc2)cc1. The van der Waals surface area contributed by atoms with E-state index in [4.69, 9.17) is 0 Å². The molecule has 10 aromatic carbocycles. The second kappa shape index (κ2) is 14.0. The molecule has 258 valence electrons. The molecule has 0 saturated heterocycles. The van der Waals surface area contributed by atoms with Crippen LogP contribution in [0.1, 0.15) is 0 Å². The first-order valence-electron chi connectivity index (χ1n) is 18.9. The molecule has 0 amide bonds. The van der Waals surface area contributed by atoms with Gasteiger partial charge in [-0.1, -0.05) is 194 Å². The predicted octanol–water partition coefficient (Wildman–Crippen LogP) is 15.3. The Labute approximate surface area is 322 Å². The van der Waals surface area contributed by atoms with E-state index in [1.54, 1.807) is 0 Å². The van der Waals surface area contributed by atoms with Crippen molar-refractivity contribution in [3.63, 3.8) is 0 Å². The Morgan fingerprint density at radius 2 is 0.727 bits per heavy atom. The van der Waals surface area contributed by atoms with Crippen molar-refractivity contribution >= 4 is 49.4 Å². The number of hydrogen-bond acceptors (Lipinski definition) is 1. The molecule has 0 radical (unpaired) electrons. The molecule has 1 nitrogen and oxygen atoms in total. The quantitative estimate of drug-likeness (QED) is 0.150. The summed E-state index contributed by atoms with van der Waals surface area (Å²) in [6.45, 7) is 0. The zero-order valence-corrected chi connectivity index (χ0v) is 30.3. The molecule has 0 heterocycles. The van der Waals surface area contributed by atoms with Gasteiger partial charge in [-0.15, -0.1) is 0 Å². The lowest BCUT2D eigenvalue weighted by Crippen LogP contribution is -2.11. The van der Waals surface area contributed by atoms with Crippen LogP contribution in [0, 0.1) is 0 Å². The largest absolute Gasteiger partial charge is 0.310 e. The van der Waals surface area contributed by atoms with Crippen LogP contribution < -0.4 is 4.90 Å². The molecule has 0 unspecified atom stereocenters. The fourth-order valence-corrected chi connectivity index (χ4v) is 8.26. The van der Waals surface area contributed by atoms with Crippen LogP contribution in [0.5, 0.6) is 0 Å². The highest BCUT2D eigenvalue weighted by Gasteiger charge is 2.21. The maximum Gasteiger partial charge on any atom is 0.0546 e. The normalized spacial score (nSPS) is 11.3. The minimum atomic E-state index is 1.10. The molecule has 0 atom stereocenters. The lowest BCUT2D eigenvalue weighted by molar-refractivity contribution is 1.30. The van der Waals surface area contributed by atoms with Crippen molar-refractivity contribution in [1.29, 1.82) is 0 Å². The summed E-state index contributed by atoms with van der Waals surface area (Å²) in [6, 6.07) is 81.5. The van der Waals surface area contributed by atoms with Gasteiger partial charge in [-0.3, -0.25) is 0 Å². The molecule has 0 fully saturated rings. The molecule has 10 aromatic rings. The number of benzene rings is 10. The fraction of sp³-hybridized carbons (Fsp3) is 0. The summed E-state index contributed by atoms with van der Waals surface area (Å²) >= 11 is 0. The molecule has 0 aliphatic rings. The Morgan fingerprint density at radius 1 is 0.236 bits per heavy atom. The fourth-order valence-electron chi connectivity index (χ4n) is 8.26. The van der Waals surface area contributed by atoms with Crippen LogP contribution in [0.3, 0.4) is 0 Å². The predicted molar refractivity (Wildman–Crippen MR) is 235 cm³/mol. The second-order valence-corrected chi connectivity index (χ2v) is 14.1. The van der Waals surface area contributed by atoms with Gasteiger partial charge in [-0.05, 0) is 102 Å². The monoisotopic (exact) mass is 699 g/mol. The number of anilines is 3. The van der Waals surface area contributed by atoms with E-state index < -0.39 is 0 Å². The van der Waals surface area contributed by atoms with E-state index >= 15 is 0 Å². The third-order valence-corrected chi connectivity index (χ3v) is 10.9. The van der Waals surface area contributed by atoms with E-state index in [9.17, 15) is 0 Å². The Hall–Kier alpha value is -7.22. The van der Waals surface area contributed by atoms with Crippen molar-refractivity contribution in [2.75, 3.05) is 4.90 Å². The van der Waals surface area contributed by atoms with E-state index in [1.807, 2.05) is 0 Å². The smallest absolute Gasteiger partial charge is 0.0546 e. The molecular formula is C54H37N. The van der Waals surface area contributed by atoms with Crippen molar-refractivity contribution in [3.05, 3.63) is 224 Å². The van der Waals surface area contributed by atoms with Crippen LogP contribution in [0.4, 0.5) is 17.1 Å². The first kappa shape index (κ1) is 32.4. The number of hydrogen-bond donors (Lipinski definition) is 0. The molecule has 0 spiro atoms. The molecule has 0 aliphatic heterocycles. The first-order valence-corrected chi connectivity index (χ1v) is 18.9. The van der Waals surface area contributed by atoms with E-state index in [1.165, 1.54) is 76.8 Å². The average molecular weight is 700 g/mol. The minimum absolute atomic E-state index is 1.10. The molecule has 1 heteroatoms. The molecule has 0 bridgehead atoms. The van der Waals surface area contributed by atoms with Gasteiger partial charge in [-0.25, -0.2) is 0 Å². The Kier molecular flexibility index (Phi) is 8.24. The van der Waals surface area contributed by atoms with Crippen LogP contribution in [0.2, 0.25) is 0 Å². The molecular weight excluding hydrogens is 663 g/mol. The highest BCUT2D eigenvalue weighted by molar-refractivity contribution is 6.14. The highest BCUT2D eigenvalue weighted by Crippen LogP contribution is 2.46. The summed E-state index contributed by atoms with van der Waals surface area (Å²) in [4.78, 5) is 2.45. The van der Waals surface area contributed by atoms with E-state index in [0.717, 1.165) is 17.1 Å². The van der Waals surface area contributed by atoms with Crippen LogP contribution in [0.15, 0.2) is 224 Å². The van der Waals surface area contributed by atoms with Crippen molar-refractivity contribution in [3.8, 4) is 44.5 Å². The van der Waals surface area contributed by atoms with Gasteiger partial charge in [0, 0.05) is 16.8 Å². The summed E-state index contributed by atoms with van der Waals surface area (Å²) < 4.78 is 0. The second-order valence-electron chi connectivity index (χ2n) is 14.1. The van der Waals surface area contributed by atoms with E-state index in [2.05, 4.69) is 229 Å². The number of nitrogens with zero attached hydrogens (tertiary/aromatic N) is 1. The van der Waals surface area contributed by atoms with Gasteiger partial charge >= 0.3 is 0 Å². The molecule has 0 N–H and O–H groups in total. The van der Waals surface area contributed by atoms with Crippen LogP contribution in [-0.4, -0.2) is 0 Å². The number of fused-ring (bicyclic) bond motifs is 4. The maximum absolute atomic E-state index is 2.45. The Balaban J connectivity index is 1.21. The molecule has 0 saturated carbocycles.